The average molecular weight is 370 g/mol. The predicted molar refractivity (Wildman–Crippen MR) is 102 cm³/mol. The van der Waals surface area contributed by atoms with Crippen molar-refractivity contribution in [2.45, 2.75) is 26.9 Å². The molecule has 6 nitrogen and oxygen atoms in total. The van der Waals surface area contributed by atoms with Gasteiger partial charge in [-0.05, 0) is 49.6 Å². The minimum Gasteiger partial charge on any atom is -0.456 e. The summed E-state index contributed by atoms with van der Waals surface area (Å²) in [5.41, 5.74) is 3.14. The van der Waals surface area contributed by atoms with Gasteiger partial charge in [0.25, 0.3) is 5.91 Å². The van der Waals surface area contributed by atoms with Crippen LogP contribution in [0.4, 0.5) is 0 Å². The van der Waals surface area contributed by atoms with Crippen molar-refractivity contribution in [3.05, 3.63) is 76.3 Å². The molecule has 3 aromatic rings. The lowest BCUT2D eigenvalue weighted by Gasteiger charge is -2.27. The zero-order valence-corrected chi connectivity index (χ0v) is 15.7. The molecule has 0 unspecified atom stereocenters. The summed E-state index contributed by atoms with van der Waals surface area (Å²) < 4.78 is 7.60. The zero-order valence-electron chi connectivity index (χ0n) is 15.7. The highest BCUT2D eigenvalue weighted by Gasteiger charge is 2.26. The van der Waals surface area contributed by atoms with Crippen LogP contribution in [0, 0.1) is 37.0 Å². The average Bonchev–Trinajstić information content (AvgIpc) is 3.28. The minimum absolute atomic E-state index is 0.119. The van der Waals surface area contributed by atoms with Crippen molar-refractivity contribution in [2.24, 2.45) is 0 Å². The molecule has 0 fully saturated rings. The molecule has 1 aliphatic heterocycles. The second-order valence-corrected chi connectivity index (χ2v) is 6.73. The molecule has 2 aromatic heterocycles. The van der Waals surface area contributed by atoms with Gasteiger partial charge in [-0.1, -0.05) is 12.0 Å². The van der Waals surface area contributed by atoms with Crippen molar-refractivity contribution in [3.63, 3.8) is 0 Å². The van der Waals surface area contributed by atoms with Crippen LogP contribution in [-0.4, -0.2) is 26.9 Å². The van der Waals surface area contributed by atoms with E-state index < -0.39 is 0 Å². The van der Waals surface area contributed by atoms with E-state index in [0.29, 0.717) is 31.0 Å². The maximum absolute atomic E-state index is 12.7. The van der Waals surface area contributed by atoms with E-state index in [-0.39, 0.29) is 5.91 Å². The highest BCUT2D eigenvalue weighted by atomic mass is 16.4. The van der Waals surface area contributed by atoms with Crippen LogP contribution in [-0.2, 0) is 13.1 Å². The van der Waals surface area contributed by atoms with Crippen molar-refractivity contribution >= 4 is 5.91 Å². The Kier molecular flexibility index (Phi) is 4.47. The van der Waals surface area contributed by atoms with Crippen LogP contribution >= 0.6 is 0 Å². The maximum atomic E-state index is 12.7. The number of imidazole rings is 1. The van der Waals surface area contributed by atoms with Crippen molar-refractivity contribution in [2.75, 3.05) is 6.54 Å². The number of aryl methyl sites for hydroxylation is 2. The van der Waals surface area contributed by atoms with E-state index in [1.165, 1.54) is 0 Å². The van der Waals surface area contributed by atoms with E-state index in [9.17, 15) is 4.79 Å². The number of carbonyl (C=O) groups is 1. The Morgan fingerprint density at radius 2 is 2.00 bits per heavy atom. The van der Waals surface area contributed by atoms with Crippen LogP contribution in [0.3, 0.4) is 0 Å². The zero-order chi connectivity index (χ0) is 19.7. The van der Waals surface area contributed by atoms with Crippen LogP contribution in [0.1, 0.15) is 44.5 Å². The minimum atomic E-state index is -0.119. The molecule has 3 heterocycles. The molecular weight excluding hydrogens is 352 g/mol. The third-order valence-electron chi connectivity index (χ3n) is 4.85. The Morgan fingerprint density at radius 3 is 2.75 bits per heavy atom. The second-order valence-electron chi connectivity index (χ2n) is 6.73. The summed E-state index contributed by atoms with van der Waals surface area (Å²) in [5.74, 6) is 8.02. The number of hydrogen-bond acceptors (Lipinski definition) is 4. The van der Waals surface area contributed by atoms with Crippen LogP contribution in [0.2, 0.25) is 0 Å². The number of aromatic nitrogens is 2. The third kappa shape index (κ3) is 3.28. The van der Waals surface area contributed by atoms with Gasteiger partial charge in [-0.15, -0.1) is 0 Å². The van der Waals surface area contributed by atoms with Crippen molar-refractivity contribution in [1.29, 1.82) is 5.26 Å². The van der Waals surface area contributed by atoms with Crippen LogP contribution < -0.4 is 0 Å². The number of hydrogen-bond donors (Lipinski definition) is 0. The fourth-order valence-corrected chi connectivity index (χ4v) is 3.17. The number of benzene rings is 1. The molecule has 0 radical (unpaired) electrons. The van der Waals surface area contributed by atoms with Gasteiger partial charge < -0.3 is 13.9 Å². The van der Waals surface area contributed by atoms with Gasteiger partial charge in [-0.25, -0.2) is 4.98 Å². The first-order valence-corrected chi connectivity index (χ1v) is 8.98. The number of nitriles is 1. The monoisotopic (exact) mass is 370 g/mol. The molecule has 0 spiro atoms. The van der Waals surface area contributed by atoms with Gasteiger partial charge in [-0.2, -0.15) is 5.26 Å². The molecule has 0 saturated heterocycles. The molecule has 0 saturated carbocycles. The van der Waals surface area contributed by atoms with Crippen LogP contribution in [0.15, 0.2) is 40.9 Å². The molecule has 0 bridgehead atoms. The highest BCUT2D eigenvalue weighted by molar-refractivity contribution is 5.91. The SMILES string of the molecule is Cc1cc(C(=O)N2CCn3c(C#Cc4cccc(C#N)c4)cnc3C2)oc1C. The van der Waals surface area contributed by atoms with Gasteiger partial charge in [0.1, 0.15) is 17.3 Å². The molecule has 0 atom stereocenters. The Morgan fingerprint density at radius 1 is 1.18 bits per heavy atom. The van der Waals surface area contributed by atoms with E-state index in [1.807, 2.05) is 30.5 Å². The fourth-order valence-electron chi connectivity index (χ4n) is 3.17. The van der Waals surface area contributed by atoms with Gasteiger partial charge in [-0.3, -0.25) is 4.79 Å². The van der Waals surface area contributed by atoms with E-state index in [0.717, 1.165) is 28.4 Å². The molecule has 28 heavy (non-hydrogen) atoms. The number of furan rings is 1. The summed E-state index contributed by atoms with van der Waals surface area (Å²) >= 11 is 0. The van der Waals surface area contributed by atoms with Gasteiger partial charge in [0, 0.05) is 18.7 Å². The van der Waals surface area contributed by atoms with Gasteiger partial charge in [0.15, 0.2) is 5.76 Å². The number of nitrogens with zero attached hydrogens (tertiary/aromatic N) is 4. The Labute approximate surface area is 163 Å². The molecular formula is C22H18N4O2. The van der Waals surface area contributed by atoms with Gasteiger partial charge in [0.2, 0.25) is 0 Å². The van der Waals surface area contributed by atoms with Crippen LogP contribution in [0.25, 0.3) is 0 Å². The summed E-state index contributed by atoms with van der Waals surface area (Å²) in [6, 6.07) is 11.1. The predicted octanol–water partition coefficient (Wildman–Crippen LogP) is 3.02. The molecule has 1 aromatic carbocycles. The summed E-state index contributed by atoms with van der Waals surface area (Å²) in [7, 11) is 0. The number of amides is 1. The smallest absolute Gasteiger partial charge is 0.290 e. The summed E-state index contributed by atoms with van der Waals surface area (Å²) in [6.45, 7) is 5.40. The Bertz CT molecular complexity index is 1150. The molecule has 138 valence electrons. The normalized spacial score (nSPS) is 12.7. The molecule has 0 N–H and O–H groups in total. The Balaban J connectivity index is 1.53. The van der Waals surface area contributed by atoms with E-state index >= 15 is 0 Å². The van der Waals surface area contributed by atoms with Gasteiger partial charge >= 0.3 is 0 Å². The topological polar surface area (TPSA) is 75.1 Å². The highest BCUT2D eigenvalue weighted by Crippen LogP contribution is 2.19. The molecule has 6 heteroatoms. The summed E-state index contributed by atoms with van der Waals surface area (Å²) in [5, 5.41) is 8.99. The third-order valence-corrected chi connectivity index (χ3v) is 4.85. The lowest BCUT2D eigenvalue weighted by Crippen LogP contribution is -2.38. The number of rotatable bonds is 1. The van der Waals surface area contributed by atoms with Crippen molar-refractivity contribution in [1.82, 2.24) is 14.5 Å². The lowest BCUT2D eigenvalue weighted by atomic mass is 10.1. The first kappa shape index (κ1) is 17.6. The summed E-state index contributed by atoms with van der Waals surface area (Å²) in [4.78, 5) is 18.9. The van der Waals surface area contributed by atoms with Crippen molar-refractivity contribution in [3.8, 4) is 17.9 Å². The first-order chi connectivity index (χ1) is 13.5. The molecule has 1 aliphatic rings. The maximum Gasteiger partial charge on any atom is 0.290 e. The van der Waals surface area contributed by atoms with Crippen molar-refractivity contribution < 1.29 is 9.21 Å². The van der Waals surface area contributed by atoms with Crippen LogP contribution in [0.5, 0.6) is 0 Å². The number of carbonyl (C=O) groups excluding carboxylic acids is 1. The summed E-state index contributed by atoms with van der Waals surface area (Å²) in [6.07, 6.45) is 1.73. The van der Waals surface area contributed by atoms with E-state index in [4.69, 9.17) is 9.68 Å². The van der Waals surface area contributed by atoms with Gasteiger partial charge in [0.05, 0.1) is 24.4 Å². The molecule has 0 aliphatic carbocycles. The number of fused-ring (bicyclic) bond motifs is 1. The quantitative estimate of drug-likeness (QED) is 0.617. The molecule has 1 amide bonds. The molecule has 4 rings (SSSR count). The fraction of sp³-hybridized carbons (Fsp3) is 0.227. The van der Waals surface area contributed by atoms with E-state index in [1.54, 1.807) is 29.3 Å². The largest absolute Gasteiger partial charge is 0.456 e. The van der Waals surface area contributed by atoms with E-state index in [2.05, 4.69) is 22.9 Å². The Hall–Kier alpha value is -3.77. The standard InChI is InChI=1S/C22H18N4O2/c1-15-10-20(28-16(15)2)22(27)25-8-9-26-19(13-24-21(26)14-25)7-6-17-4-3-5-18(11-17)12-23/h3-5,10-11,13H,8-9,14H2,1-2H3. The first-order valence-electron chi connectivity index (χ1n) is 8.98. The lowest BCUT2D eigenvalue weighted by molar-refractivity contribution is 0.0673. The second kappa shape index (κ2) is 7.09.